The zero-order chi connectivity index (χ0) is 21.4. The van der Waals surface area contributed by atoms with Crippen molar-refractivity contribution >= 4 is 11.9 Å². The second-order valence-corrected chi connectivity index (χ2v) is 7.12. The summed E-state index contributed by atoms with van der Waals surface area (Å²) in [6.07, 6.45) is 6.05. The second-order valence-electron chi connectivity index (χ2n) is 7.12. The molecule has 1 heterocycles. The van der Waals surface area contributed by atoms with E-state index >= 15 is 0 Å². The monoisotopic (exact) mass is 412 g/mol. The van der Waals surface area contributed by atoms with Gasteiger partial charge in [0, 0.05) is 25.3 Å². The van der Waals surface area contributed by atoms with Crippen molar-refractivity contribution in [2.45, 2.75) is 58.1 Å². The molecule has 1 atom stereocenters. The smallest absolute Gasteiger partial charge is 0.305 e. The summed E-state index contributed by atoms with van der Waals surface area (Å²) < 4.78 is 10.7. The lowest BCUT2D eigenvalue weighted by atomic mass is 10.0. The summed E-state index contributed by atoms with van der Waals surface area (Å²) in [6, 6.07) is 15.4. The molecule has 30 heavy (non-hydrogen) atoms. The third-order valence-electron chi connectivity index (χ3n) is 4.67. The third kappa shape index (κ3) is 9.65. The summed E-state index contributed by atoms with van der Waals surface area (Å²) in [4.78, 5) is 28.1. The number of amides is 1. The normalized spacial score (nSPS) is 11.6. The van der Waals surface area contributed by atoms with Gasteiger partial charge in [-0.3, -0.25) is 14.6 Å². The van der Waals surface area contributed by atoms with Crippen molar-refractivity contribution in [2.75, 3.05) is 13.2 Å². The van der Waals surface area contributed by atoms with Crippen molar-refractivity contribution in [1.82, 2.24) is 10.3 Å². The fourth-order valence-corrected chi connectivity index (χ4v) is 3.13. The van der Waals surface area contributed by atoms with E-state index in [2.05, 4.69) is 10.3 Å². The number of nitrogens with one attached hydrogen (secondary N) is 1. The molecule has 2 rings (SSSR count). The van der Waals surface area contributed by atoms with Gasteiger partial charge in [-0.15, -0.1) is 0 Å². The molecule has 1 aromatic carbocycles. The van der Waals surface area contributed by atoms with E-state index < -0.39 is 0 Å². The van der Waals surface area contributed by atoms with Crippen molar-refractivity contribution < 1.29 is 19.1 Å². The van der Waals surface area contributed by atoms with Gasteiger partial charge in [0.1, 0.15) is 5.69 Å². The number of ether oxygens (including phenoxy) is 2. The van der Waals surface area contributed by atoms with Gasteiger partial charge in [-0.25, -0.2) is 0 Å². The highest BCUT2D eigenvalue weighted by Gasteiger charge is 2.15. The van der Waals surface area contributed by atoms with Crippen LogP contribution in [0.5, 0.6) is 0 Å². The minimum Gasteiger partial charge on any atom is -0.466 e. The number of esters is 1. The Kier molecular flexibility index (Phi) is 11.2. The highest BCUT2D eigenvalue weighted by molar-refractivity contribution is 5.92. The molecule has 0 fully saturated rings. The van der Waals surface area contributed by atoms with E-state index in [0.717, 1.165) is 31.2 Å². The SMILES string of the molecule is CCOC(=O)CCCC(CCCCOCc1ccccc1)NC(=O)c1ccccn1. The zero-order valence-corrected chi connectivity index (χ0v) is 17.7. The molecule has 0 bridgehead atoms. The first-order valence-electron chi connectivity index (χ1n) is 10.7. The molecule has 1 unspecified atom stereocenters. The number of aromatic nitrogens is 1. The lowest BCUT2D eigenvalue weighted by molar-refractivity contribution is -0.143. The molecule has 162 valence electrons. The molecular formula is C24H32N2O4. The minimum absolute atomic E-state index is 0.0111. The molecule has 2 aromatic rings. The fourth-order valence-electron chi connectivity index (χ4n) is 3.13. The number of benzene rings is 1. The Balaban J connectivity index is 1.73. The molecule has 1 aromatic heterocycles. The van der Waals surface area contributed by atoms with Crippen LogP contribution in [0.4, 0.5) is 0 Å². The highest BCUT2D eigenvalue weighted by atomic mass is 16.5. The quantitative estimate of drug-likeness (QED) is 0.370. The van der Waals surface area contributed by atoms with E-state index in [0.29, 0.717) is 38.4 Å². The van der Waals surface area contributed by atoms with Crippen LogP contribution in [0.1, 0.15) is 61.5 Å². The van der Waals surface area contributed by atoms with Gasteiger partial charge < -0.3 is 14.8 Å². The van der Waals surface area contributed by atoms with Crippen LogP contribution in [0.15, 0.2) is 54.7 Å². The number of hydrogen-bond donors (Lipinski definition) is 1. The maximum Gasteiger partial charge on any atom is 0.305 e. The summed E-state index contributed by atoms with van der Waals surface area (Å²) in [6.45, 7) is 3.48. The van der Waals surface area contributed by atoms with Crippen LogP contribution in [0.25, 0.3) is 0 Å². The molecule has 0 aliphatic rings. The average Bonchev–Trinajstić information content (AvgIpc) is 2.77. The van der Waals surface area contributed by atoms with Crippen LogP contribution >= 0.6 is 0 Å². The number of nitrogens with zero attached hydrogens (tertiary/aromatic N) is 1. The molecular weight excluding hydrogens is 380 g/mol. The Morgan fingerprint density at radius 2 is 1.77 bits per heavy atom. The molecule has 1 amide bonds. The van der Waals surface area contributed by atoms with Crippen LogP contribution < -0.4 is 5.32 Å². The van der Waals surface area contributed by atoms with Crippen LogP contribution in [0, 0.1) is 0 Å². The highest BCUT2D eigenvalue weighted by Crippen LogP contribution is 2.11. The first-order chi connectivity index (χ1) is 14.7. The van der Waals surface area contributed by atoms with Crippen molar-refractivity contribution in [1.29, 1.82) is 0 Å². The first-order valence-corrected chi connectivity index (χ1v) is 10.7. The van der Waals surface area contributed by atoms with Crippen molar-refractivity contribution in [3.63, 3.8) is 0 Å². The molecule has 0 radical (unpaired) electrons. The second kappa shape index (κ2) is 14.3. The lowest BCUT2D eigenvalue weighted by Crippen LogP contribution is -2.35. The third-order valence-corrected chi connectivity index (χ3v) is 4.67. The predicted molar refractivity (Wildman–Crippen MR) is 116 cm³/mol. The van der Waals surface area contributed by atoms with Crippen molar-refractivity contribution in [2.24, 2.45) is 0 Å². The summed E-state index contributed by atoms with van der Waals surface area (Å²) in [5, 5.41) is 3.06. The van der Waals surface area contributed by atoms with Gasteiger partial charge in [0.05, 0.1) is 13.2 Å². The van der Waals surface area contributed by atoms with Gasteiger partial charge in [-0.1, -0.05) is 36.4 Å². The topological polar surface area (TPSA) is 77.5 Å². The molecule has 0 spiro atoms. The van der Waals surface area contributed by atoms with Crippen LogP contribution in [0.2, 0.25) is 0 Å². The first kappa shape index (κ1) is 23.5. The van der Waals surface area contributed by atoms with E-state index in [1.54, 1.807) is 31.3 Å². The Labute approximate surface area is 179 Å². The number of hydrogen-bond acceptors (Lipinski definition) is 5. The maximum atomic E-state index is 12.5. The van der Waals surface area contributed by atoms with Crippen molar-refractivity contribution in [3.05, 3.63) is 66.0 Å². The fraction of sp³-hybridized carbons (Fsp3) is 0.458. The Morgan fingerprint density at radius 1 is 1.00 bits per heavy atom. The molecule has 0 saturated carbocycles. The number of unbranched alkanes of at least 4 members (excludes halogenated alkanes) is 1. The average molecular weight is 413 g/mol. The van der Waals surface area contributed by atoms with Crippen LogP contribution in [-0.2, 0) is 20.9 Å². The van der Waals surface area contributed by atoms with Crippen LogP contribution in [-0.4, -0.2) is 36.1 Å². The van der Waals surface area contributed by atoms with Gasteiger partial charge in [0.25, 0.3) is 5.91 Å². The van der Waals surface area contributed by atoms with Gasteiger partial charge in [-0.2, -0.15) is 0 Å². The standard InChI is InChI=1S/C24H32N2O4/c1-2-30-23(27)16-10-14-21(26-24(28)22-15-6-8-17-25-22)13-7-9-18-29-19-20-11-4-3-5-12-20/h3-6,8,11-12,15,17,21H,2,7,9-10,13-14,16,18-19H2,1H3,(H,26,28). The number of carbonyl (C=O) groups excluding carboxylic acids is 2. The number of pyridine rings is 1. The Hall–Kier alpha value is -2.73. The van der Waals surface area contributed by atoms with E-state index in [4.69, 9.17) is 9.47 Å². The molecule has 0 aliphatic carbocycles. The Bertz CT molecular complexity index is 737. The maximum absolute atomic E-state index is 12.5. The van der Waals surface area contributed by atoms with Crippen LogP contribution in [0.3, 0.4) is 0 Å². The molecule has 6 heteroatoms. The van der Waals surface area contributed by atoms with E-state index in [9.17, 15) is 9.59 Å². The molecule has 0 saturated heterocycles. The minimum atomic E-state index is -0.193. The molecule has 0 aliphatic heterocycles. The summed E-state index contributed by atoms with van der Waals surface area (Å²) in [5.41, 5.74) is 1.57. The van der Waals surface area contributed by atoms with Gasteiger partial charge in [0.2, 0.25) is 0 Å². The zero-order valence-electron chi connectivity index (χ0n) is 17.7. The summed E-state index contributed by atoms with van der Waals surface area (Å²) in [5.74, 6) is -0.376. The van der Waals surface area contributed by atoms with E-state index in [1.807, 2.05) is 30.3 Å². The number of carbonyl (C=O) groups is 2. The molecule has 1 N–H and O–H groups in total. The predicted octanol–water partition coefficient (Wildman–Crippen LogP) is 4.30. The Morgan fingerprint density at radius 3 is 2.50 bits per heavy atom. The van der Waals surface area contributed by atoms with Gasteiger partial charge in [0.15, 0.2) is 0 Å². The van der Waals surface area contributed by atoms with E-state index in [-0.39, 0.29) is 17.9 Å². The largest absolute Gasteiger partial charge is 0.466 e. The van der Waals surface area contributed by atoms with Gasteiger partial charge in [-0.05, 0) is 56.7 Å². The van der Waals surface area contributed by atoms with E-state index in [1.165, 1.54) is 0 Å². The number of rotatable bonds is 14. The lowest BCUT2D eigenvalue weighted by Gasteiger charge is -2.18. The molecule has 6 nitrogen and oxygen atoms in total. The van der Waals surface area contributed by atoms with Crippen molar-refractivity contribution in [3.8, 4) is 0 Å². The van der Waals surface area contributed by atoms with Gasteiger partial charge >= 0.3 is 5.97 Å². The summed E-state index contributed by atoms with van der Waals surface area (Å²) >= 11 is 0. The summed E-state index contributed by atoms with van der Waals surface area (Å²) in [7, 11) is 0.